The lowest BCUT2D eigenvalue weighted by molar-refractivity contribution is 0.278. The first-order valence-corrected chi connectivity index (χ1v) is 20.3. The van der Waals surface area contributed by atoms with Crippen LogP contribution in [0.5, 0.6) is 0 Å². The number of H-pyrrole nitrogens is 1. The predicted octanol–water partition coefficient (Wildman–Crippen LogP) is 3.49. The highest BCUT2D eigenvalue weighted by Crippen LogP contribution is 2.22. The first-order valence-electron chi connectivity index (χ1n) is 16.5. The number of halogens is 2. The minimum atomic E-state index is -3.77. The van der Waals surface area contributed by atoms with Gasteiger partial charge >= 0.3 is 11.4 Å². The third-order valence-corrected chi connectivity index (χ3v) is 10.5. The maximum Gasteiger partial charge on any atom is 0.332 e. The molecule has 0 aliphatic carbocycles. The van der Waals surface area contributed by atoms with Crippen molar-refractivity contribution in [2.75, 3.05) is 19.1 Å². The van der Waals surface area contributed by atoms with E-state index < -0.39 is 21.1 Å². The van der Waals surface area contributed by atoms with Gasteiger partial charge in [0.05, 0.1) is 13.1 Å². The Labute approximate surface area is 317 Å². The summed E-state index contributed by atoms with van der Waals surface area (Å²) >= 11 is 13.3. The molecule has 0 radical (unpaired) electrons. The van der Waals surface area contributed by atoms with E-state index in [0.717, 1.165) is 29.2 Å². The molecule has 0 aliphatic rings. The first-order chi connectivity index (χ1) is 25.2. The number of unbranched alkanes of at least 4 members (excludes halogenated alkanes) is 1. The topological polar surface area (TPSA) is 189 Å². The number of sulfone groups is 1. The molecule has 0 spiro atoms. The average molecular weight is 806 g/mol. The molecule has 0 saturated carbocycles. The summed E-state index contributed by atoms with van der Waals surface area (Å²) in [4.78, 5) is 61.6. The number of nitrogens with zero attached hydrogens (tertiary/aromatic N) is 7. The number of fused-ring (bicyclic) bond motifs is 2. The van der Waals surface area contributed by atoms with Crippen molar-refractivity contribution in [2.45, 2.75) is 62.7 Å². The van der Waals surface area contributed by atoms with E-state index in [-0.39, 0.29) is 53.7 Å². The Balaban J connectivity index is 0.000000204. The fraction of sp³-hybridized carbons (Fsp3) is 0.353. The van der Waals surface area contributed by atoms with Crippen molar-refractivity contribution in [1.29, 1.82) is 0 Å². The summed E-state index contributed by atoms with van der Waals surface area (Å²) < 4.78 is 31.2. The number of hydrogen-bond donors (Lipinski definition) is 2. The summed E-state index contributed by atoms with van der Waals surface area (Å²) in [6, 6.07) is 14.2. The molecule has 4 heterocycles. The van der Waals surface area contributed by atoms with Crippen LogP contribution >= 0.6 is 35.0 Å². The van der Waals surface area contributed by atoms with Crippen molar-refractivity contribution in [1.82, 2.24) is 37.8 Å². The number of thioether (sulfide) groups is 1. The van der Waals surface area contributed by atoms with Crippen LogP contribution in [-0.4, -0.2) is 70.4 Å². The van der Waals surface area contributed by atoms with Crippen LogP contribution in [0.15, 0.2) is 78.0 Å². The van der Waals surface area contributed by atoms with Gasteiger partial charge in [0.1, 0.15) is 0 Å². The zero-order valence-electron chi connectivity index (χ0n) is 29.4. The SMILES string of the molecule is CCCCn1c(=O)c2c(nc(SC)n2Cc2ccc(Cl)cc2)n(C)c1=O.CS(=O)(=O)c1nc2[nH]c(=O)n(CCCO)c(=O)c2n1Cc1ccc(Cl)cc1. The Kier molecular flexibility index (Phi) is 12.5. The molecule has 2 aromatic carbocycles. The third kappa shape index (κ3) is 8.54. The molecule has 0 fully saturated rings. The van der Waals surface area contributed by atoms with Gasteiger partial charge < -0.3 is 14.2 Å². The molecule has 282 valence electrons. The minimum Gasteiger partial charge on any atom is -0.396 e. The predicted molar refractivity (Wildman–Crippen MR) is 206 cm³/mol. The van der Waals surface area contributed by atoms with Gasteiger partial charge in [-0.05, 0) is 54.5 Å². The molecule has 53 heavy (non-hydrogen) atoms. The Morgan fingerprint density at radius 2 is 1.34 bits per heavy atom. The third-order valence-electron chi connectivity index (χ3n) is 8.35. The Morgan fingerprint density at radius 3 is 1.87 bits per heavy atom. The van der Waals surface area contributed by atoms with Gasteiger partial charge in [0, 0.05) is 43.0 Å². The molecule has 0 amide bonds. The van der Waals surface area contributed by atoms with E-state index in [9.17, 15) is 27.6 Å². The molecule has 6 aromatic rings. The number of aliphatic hydroxyl groups is 1. The van der Waals surface area contributed by atoms with Crippen molar-refractivity contribution in [3.05, 3.63) is 111 Å². The number of aliphatic hydroxyl groups excluding tert-OH is 1. The molecule has 0 saturated heterocycles. The highest BCUT2D eigenvalue weighted by molar-refractivity contribution is 7.98. The summed E-state index contributed by atoms with van der Waals surface area (Å²) in [5, 5.41) is 10.5. The van der Waals surface area contributed by atoms with Gasteiger partial charge in [-0.3, -0.25) is 28.3 Å². The molecule has 0 bridgehead atoms. The number of aryl methyl sites for hydroxylation is 1. The first kappa shape index (κ1) is 39.8. The summed E-state index contributed by atoms with van der Waals surface area (Å²) in [5.41, 5.74) is 0.498. The molecule has 4 aromatic heterocycles. The maximum absolute atomic E-state index is 13.1. The van der Waals surface area contributed by atoms with Crippen molar-refractivity contribution in [3.8, 4) is 0 Å². The second-order valence-electron chi connectivity index (χ2n) is 12.2. The van der Waals surface area contributed by atoms with Gasteiger partial charge in [-0.15, -0.1) is 0 Å². The Morgan fingerprint density at radius 1 is 0.792 bits per heavy atom. The molecular formula is C34H38Cl2N8O7S2. The standard InChI is InChI=1S/C18H21ClN4O2S.C16H17ClN4O5S/c1-4-5-10-22-16(24)14-15(21(2)18(22)25)20-17(26-3)23(14)11-12-6-8-13(19)9-7-12;1-27(25,26)16-19-13-12(14(23)20(7-2-8-22)15(24)18-13)21(16)9-10-3-5-11(17)6-4-10/h6-9H,4-5,10-11H2,1-3H3;3-6,22H,2,7-9H2,1H3,(H,18,24). The van der Waals surface area contributed by atoms with Gasteiger partial charge in [0.15, 0.2) is 27.5 Å². The number of hydrogen-bond acceptors (Lipinski definition) is 10. The van der Waals surface area contributed by atoms with E-state index in [4.69, 9.17) is 28.3 Å². The normalized spacial score (nSPS) is 11.7. The Bertz CT molecular complexity index is 2620. The number of aromatic nitrogens is 8. The van der Waals surface area contributed by atoms with Gasteiger partial charge in [-0.1, -0.05) is 72.6 Å². The zero-order valence-corrected chi connectivity index (χ0v) is 32.5. The molecule has 0 aliphatic heterocycles. The molecule has 2 N–H and O–H groups in total. The molecule has 0 unspecified atom stereocenters. The van der Waals surface area contributed by atoms with Crippen LogP contribution in [-0.2, 0) is 43.1 Å². The number of benzene rings is 2. The fourth-order valence-electron chi connectivity index (χ4n) is 5.70. The van der Waals surface area contributed by atoms with Crippen LogP contribution in [0.25, 0.3) is 22.3 Å². The van der Waals surface area contributed by atoms with E-state index in [1.165, 1.54) is 25.5 Å². The number of imidazole rings is 2. The second kappa shape index (κ2) is 16.7. The summed E-state index contributed by atoms with van der Waals surface area (Å²) in [5.74, 6) is 0. The zero-order chi connectivity index (χ0) is 38.6. The lowest BCUT2D eigenvalue weighted by Gasteiger charge is -2.10. The Hall–Kier alpha value is -4.42. The second-order valence-corrected chi connectivity index (χ2v) is 15.7. The van der Waals surface area contributed by atoms with Gasteiger partial charge in [0.2, 0.25) is 15.0 Å². The summed E-state index contributed by atoms with van der Waals surface area (Å²) in [7, 11) is -2.10. The monoisotopic (exact) mass is 804 g/mol. The van der Waals surface area contributed by atoms with Crippen molar-refractivity contribution >= 4 is 67.1 Å². The van der Waals surface area contributed by atoms with Crippen LogP contribution in [0.2, 0.25) is 10.0 Å². The smallest absolute Gasteiger partial charge is 0.332 e. The molecular weight excluding hydrogens is 767 g/mol. The quantitative estimate of drug-likeness (QED) is 0.173. The van der Waals surface area contributed by atoms with Gasteiger partial charge in [-0.2, -0.15) is 4.98 Å². The van der Waals surface area contributed by atoms with Crippen LogP contribution in [0.3, 0.4) is 0 Å². The van der Waals surface area contributed by atoms with Crippen LogP contribution in [0.1, 0.15) is 37.3 Å². The highest BCUT2D eigenvalue weighted by atomic mass is 35.5. The molecule has 19 heteroatoms. The fourth-order valence-corrected chi connectivity index (χ4v) is 7.32. The van der Waals surface area contributed by atoms with Crippen molar-refractivity contribution < 1.29 is 13.5 Å². The largest absolute Gasteiger partial charge is 0.396 e. The molecule has 6 rings (SSSR count). The van der Waals surface area contributed by atoms with Crippen molar-refractivity contribution in [2.24, 2.45) is 7.05 Å². The van der Waals surface area contributed by atoms with E-state index in [2.05, 4.69) is 15.0 Å². The summed E-state index contributed by atoms with van der Waals surface area (Å²) in [6.07, 6.45) is 4.79. The van der Waals surface area contributed by atoms with E-state index >= 15 is 0 Å². The summed E-state index contributed by atoms with van der Waals surface area (Å²) in [6.45, 7) is 2.80. The van der Waals surface area contributed by atoms with Crippen molar-refractivity contribution in [3.63, 3.8) is 0 Å². The van der Waals surface area contributed by atoms with Gasteiger partial charge in [0.25, 0.3) is 11.1 Å². The number of nitrogens with one attached hydrogen (secondary N) is 1. The van der Waals surface area contributed by atoms with E-state index in [1.54, 1.807) is 31.3 Å². The highest BCUT2D eigenvalue weighted by Gasteiger charge is 2.24. The number of aromatic amines is 1. The van der Waals surface area contributed by atoms with Crippen LogP contribution in [0.4, 0.5) is 0 Å². The van der Waals surface area contributed by atoms with Crippen LogP contribution in [0, 0.1) is 0 Å². The lowest BCUT2D eigenvalue weighted by Crippen LogP contribution is -2.39. The van der Waals surface area contributed by atoms with Gasteiger partial charge in [-0.25, -0.2) is 23.0 Å². The molecule has 15 nitrogen and oxygen atoms in total. The average Bonchev–Trinajstić information content (AvgIpc) is 3.68. The van der Waals surface area contributed by atoms with Crippen LogP contribution < -0.4 is 22.5 Å². The molecule has 0 atom stereocenters. The number of rotatable bonds is 12. The van der Waals surface area contributed by atoms with E-state index in [0.29, 0.717) is 45.0 Å². The lowest BCUT2D eigenvalue weighted by atomic mass is 10.2. The minimum absolute atomic E-state index is 0.000932. The maximum atomic E-state index is 13.1. The van der Waals surface area contributed by atoms with E-state index in [1.807, 2.05) is 42.0 Å².